The Kier molecular flexibility index (Phi) is 7.01. The molecule has 0 aromatic carbocycles. The third-order valence-corrected chi connectivity index (χ3v) is 6.80. The van der Waals surface area contributed by atoms with Crippen LogP contribution in [0.3, 0.4) is 0 Å². The zero-order valence-corrected chi connectivity index (χ0v) is 21.6. The molecule has 0 atom stereocenters. The van der Waals surface area contributed by atoms with Gasteiger partial charge in [-0.1, -0.05) is 20.8 Å². The van der Waals surface area contributed by atoms with E-state index in [1.807, 2.05) is 20.8 Å². The van der Waals surface area contributed by atoms with Crippen LogP contribution in [0.1, 0.15) is 42.5 Å². The van der Waals surface area contributed by atoms with Crippen LogP contribution in [0, 0.1) is 5.82 Å². The van der Waals surface area contributed by atoms with Gasteiger partial charge in [0.1, 0.15) is 29.5 Å². The second kappa shape index (κ2) is 9.71. The molecular weight excluding hydrogens is 552 g/mol. The molecule has 12 nitrogen and oxygen atoms in total. The van der Waals surface area contributed by atoms with E-state index in [9.17, 15) is 40.4 Å². The summed E-state index contributed by atoms with van der Waals surface area (Å²) < 4.78 is 79.4. The van der Waals surface area contributed by atoms with Crippen molar-refractivity contribution in [2.75, 3.05) is 18.5 Å². The molecule has 0 saturated heterocycles. The van der Waals surface area contributed by atoms with Gasteiger partial charge in [-0.05, 0) is 12.1 Å². The average Bonchev–Trinajstić information content (AvgIpc) is 3.40. The van der Waals surface area contributed by atoms with Crippen molar-refractivity contribution >= 4 is 33.4 Å². The van der Waals surface area contributed by atoms with Crippen LogP contribution < -0.4 is 10.9 Å². The number of amides is 2. The molecule has 3 aromatic heterocycles. The average molecular weight is 575 g/mol. The fourth-order valence-electron chi connectivity index (χ4n) is 3.83. The van der Waals surface area contributed by atoms with Crippen molar-refractivity contribution < 1.29 is 39.8 Å². The van der Waals surface area contributed by atoms with Gasteiger partial charge < -0.3 is 14.8 Å². The van der Waals surface area contributed by atoms with Gasteiger partial charge in [-0.15, -0.1) is 0 Å². The van der Waals surface area contributed by atoms with Crippen molar-refractivity contribution in [3.63, 3.8) is 0 Å². The number of anilines is 1. The van der Waals surface area contributed by atoms with Crippen molar-refractivity contribution in [2.24, 2.45) is 0 Å². The van der Waals surface area contributed by atoms with Crippen LogP contribution >= 0.6 is 0 Å². The van der Waals surface area contributed by atoms with Crippen molar-refractivity contribution in [3.05, 3.63) is 57.5 Å². The maximum absolute atomic E-state index is 13.3. The van der Waals surface area contributed by atoms with E-state index in [1.165, 1.54) is 16.7 Å². The number of carbonyl (C=O) groups is 2. The summed E-state index contributed by atoms with van der Waals surface area (Å²) in [5.41, 5.74) is -6.58. The minimum atomic E-state index is -5.88. The zero-order valence-electron chi connectivity index (χ0n) is 20.7. The summed E-state index contributed by atoms with van der Waals surface area (Å²) in [6, 6.07) is 3.82. The number of alkyl halides is 3. The smallest absolute Gasteiger partial charge is 0.330 e. The van der Waals surface area contributed by atoms with E-state index in [4.69, 9.17) is 0 Å². The lowest BCUT2D eigenvalue weighted by molar-refractivity contribution is -0.116. The first-order chi connectivity index (χ1) is 18.0. The van der Waals surface area contributed by atoms with Gasteiger partial charge in [-0.2, -0.15) is 31.2 Å². The summed E-state index contributed by atoms with van der Waals surface area (Å²) in [5, 5.41) is 6.79. The molecule has 0 saturated carbocycles. The number of nitrogens with zero attached hydrogens (tertiary/aromatic N) is 5. The minimum absolute atomic E-state index is 0.0231. The van der Waals surface area contributed by atoms with Gasteiger partial charge in [0.15, 0.2) is 0 Å². The Morgan fingerprint density at radius 2 is 1.87 bits per heavy atom. The number of rotatable bonds is 7. The second-order valence-electron chi connectivity index (χ2n) is 9.63. The molecule has 2 amide bonds. The normalized spacial score (nSPS) is 14.2. The lowest BCUT2D eigenvalue weighted by Crippen LogP contribution is -2.33. The van der Waals surface area contributed by atoms with Crippen molar-refractivity contribution in [1.82, 2.24) is 24.1 Å². The van der Waals surface area contributed by atoms with Gasteiger partial charge in [-0.25, -0.2) is 9.37 Å². The quantitative estimate of drug-likeness (QED) is 0.256. The minimum Gasteiger partial charge on any atom is -0.330 e. The monoisotopic (exact) mass is 574 g/mol. The standard InChI is InChI=1S/C22H22F4N6O6S/c1-21(2,3)14-8-17-31(11-16(33)28-15-5-4-12(23)9-27-15)18-13(19(34)32(17)29-14)10-30(20(18)35)6-7-38-39(36,37)22(24,25)26/h4-5,8-9H,6-7,10-11H2,1-3H3,(H,27,28,33). The Hall–Kier alpha value is -3.86. The highest BCUT2D eigenvalue weighted by Gasteiger charge is 2.47. The van der Waals surface area contributed by atoms with E-state index < -0.39 is 63.9 Å². The number of hydrogen-bond acceptors (Lipinski definition) is 8. The molecule has 0 aliphatic carbocycles. The fraction of sp³-hybridized carbons (Fsp3) is 0.409. The predicted molar refractivity (Wildman–Crippen MR) is 127 cm³/mol. The molecule has 1 N–H and O–H groups in total. The molecule has 1 aliphatic heterocycles. The molecule has 0 radical (unpaired) electrons. The van der Waals surface area contributed by atoms with Crippen LogP contribution in [0.5, 0.6) is 0 Å². The molecule has 3 aromatic rings. The first-order valence-corrected chi connectivity index (χ1v) is 12.7. The van der Waals surface area contributed by atoms with Gasteiger partial charge in [-0.3, -0.25) is 18.6 Å². The number of pyridine rings is 1. The topological polar surface area (TPSA) is 145 Å². The van der Waals surface area contributed by atoms with Gasteiger partial charge in [0.05, 0.1) is 30.6 Å². The van der Waals surface area contributed by atoms with Gasteiger partial charge in [0.2, 0.25) is 5.91 Å². The van der Waals surface area contributed by atoms with Crippen LogP contribution in [0.4, 0.5) is 23.4 Å². The van der Waals surface area contributed by atoms with Gasteiger partial charge >= 0.3 is 15.6 Å². The van der Waals surface area contributed by atoms with Crippen LogP contribution in [0.2, 0.25) is 0 Å². The molecular formula is C22H22F4N6O6S. The molecule has 0 fully saturated rings. The summed E-state index contributed by atoms with van der Waals surface area (Å²) in [6.45, 7) is 3.01. The summed E-state index contributed by atoms with van der Waals surface area (Å²) in [4.78, 5) is 44.1. The first-order valence-electron chi connectivity index (χ1n) is 11.3. The fourth-order valence-corrected chi connectivity index (χ4v) is 4.25. The largest absolute Gasteiger partial charge is 0.523 e. The lowest BCUT2D eigenvalue weighted by atomic mass is 9.93. The van der Waals surface area contributed by atoms with E-state index in [1.54, 1.807) is 0 Å². The third kappa shape index (κ3) is 5.49. The zero-order chi connectivity index (χ0) is 28.9. The number of nitrogens with one attached hydrogen (secondary N) is 1. The predicted octanol–water partition coefficient (Wildman–Crippen LogP) is 1.79. The Balaban J connectivity index is 1.70. The number of hydrogen-bond donors (Lipinski definition) is 1. The summed E-state index contributed by atoms with van der Waals surface area (Å²) >= 11 is 0. The molecule has 0 spiro atoms. The number of halogens is 4. The number of fused-ring (bicyclic) bond motifs is 2. The SMILES string of the molecule is CC(C)(C)c1cc2n(CC(=O)Nc3ccc(F)cn3)c3c(c(=O)n2n1)CN(CCOS(=O)(=O)C(F)(F)F)C3=O. The maximum Gasteiger partial charge on any atom is 0.523 e. The second-order valence-corrected chi connectivity index (χ2v) is 11.2. The van der Waals surface area contributed by atoms with Crippen LogP contribution in [-0.2, 0) is 37.6 Å². The Labute approximate surface area is 218 Å². The number of aromatic nitrogens is 4. The Morgan fingerprint density at radius 3 is 2.46 bits per heavy atom. The Bertz CT molecular complexity index is 1620. The molecule has 1 aliphatic rings. The van der Waals surface area contributed by atoms with E-state index in [-0.39, 0.29) is 29.3 Å². The summed E-state index contributed by atoms with van der Waals surface area (Å²) in [7, 11) is -5.88. The molecule has 4 rings (SSSR count). The molecule has 17 heteroatoms. The third-order valence-electron chi connectivity index (χ3n) is 5.76. The van der Waals surface area contributed by atoms with E-state index in [0.717, 1.165) is 21.7 Å². The highest BCUT2D eigenvalue weighted by molar-refractivity contribution is 7.87. The molecule has 0 bridgehead atoms. The van der Waals surface area contributed by atoms with E-state index in [2.05, 4.69) is 19.6 Å². The van der Waals surface area contributed by atoms with Gasteiger partial charge in [0.25, 0.3) is 11.5 Å². The van der Waals surface area contributed by atoms with Crippen molar-refractivity contribution in [3.8, 4) is 0 Å². The highest BCUT2D eigenvalue weighted by atomic mass is 32.2. The molecule has 39 heavy (non-hydrogen) atoms. The first kappa shape index (κ1) is 28.2. The van der Waals surface area contributed by atoms with Crippen LogP contribution in [0.25, 0.3) is 5.65 Å². The van der Waals surface area contributed by atoms with E-state index in [0.29, 0.717) is 5.69 Å². The summed E-state index contributed by atoms with van der Waals surface area (Å²) in [5.74, 6) is -2.12. The van der Waals surface area contributed by atoms with E-state index >= 15 is 0 Å². The maximum atomic E-state index is 13.3. The summed E-state index contributed by atoms with van der Waals surface area (Å²) in [6.07, 6.45) is 0.889. The lowest BCUT2D eigenvalue weighted by Gasteiger charge is -2.16. The molecule has 210 valence electrons. The molecule has 0 unspecified atom stereocenters. The van der Waals surface area contributed by atoms with Gasteiger partial charge in [0, 0.05) is 18.0 Å². The van der Waals surface area contributed by atoms with Crippen molar-refractivity contribution in [1.29, 1.82) is 0 Å². The molecule has 4 heterocycles. The van der Waals surface area contributed by atoms with Crippen molar-refractivity contribution in [2.45, 2.75) is 44.8 Å². The Morgan fingerprint density at radius 1 is 1.18 bits per heavy atom. The number of carbonyl (C=O) groups excluding carboxylic acids is 2. The van der Waals surface area contributed by atoms with Crippen LogP contribution in [0.15, 0.2) is 29.2 Å². The highest BCUT2D eigenvalue weighted by Crippen LogP contribution is 2.27. The van der Waals surface area contributed by atoms with Crippen LogP contribution in [-0.4, -0.2) is 63.0 Å².